The summed E-state index contributed by atoms with van der Waals surface area (Å²) in [4.78, 5) is 19.5. The third-order valence-corrected chi connectivity index (χ3v) is 5.80. The first kappa shape index (κ1) is 19.6. The first-order valence-corrected chi connectivity index (χ1v) is 10.7. The number of hydrogen-bond donors (Lipinski definition) is 1. The van der Waals surface area contributed by atoms with E-state index in [9.17, 15) is 4.79 Å². The third-order valence-electron chi connectivity index (χ3n) is 5.80. The summed E-state index contributed by atoms with van der Waals surface area (Å²) < 4.78 is 2.16. The molecule has 0 spiro atoms. The van der Waals surface area contributed by atoms with Crippen molar-refractivity contribution in [1.29, 1.82) is 0 Å². The number of benzene rings is 2. The van der Waals surface area contributed by atoms with Crippen molar-refractivity contribution in [1.82, 2.24) is 19.8 Å². The molecule has 1 unspecified atom stereocenters. The minimum atomic E-state index is 0.0393. The number of carbonyl (C=O) groups excluding carboxylic acids is 1. The molecule has 0 radical (unpaired) electrons. The smallest absolute Gasteiger partial charge is 0.237 e. The van der Waals surface area contributed by atoms with Crippen molar-refractivity contribution in [3.05, 3.63) is 66.0 Å². The molecule has 4 rings (SSSR count). The van der Waals surface area contributed by atoms with Crippen molar-refractivity contribution in [2.75, 3.05) is 13.1 Å². The number of likely N-dealkylation sites (tertiary alicyclic amines) is 1. The molecule has 2 aromatic carbocycles. The fraction of sp³-hybridized carbons (Fsp3) is 0.417. The Morgan fingerprint density at radius 2 is 1.90 bits per heavy atom. The highest BCUT2D eigenvalue weighted by molar-refractivity contribution is 5.81. The van der Waals surface area contributed by atoms with Crippen LogP contribution in [0.5, 0.6) is 0 Å². The van der Waals surface area contributed by atoms with Gasteiger partial charge in [0.05, 0.1) is 23.4 Å². The molecule has 5 nitrogen and oxygen atoms in total. The lowest BCUT2D eigenvalue weighted by molar-refractivity contribution is -0.127. The van der Waals surface area contributed by atoms with Crippen molar-refractivity contribution in [3.63, 3.8) is 0 Å². The maximum Gasteiger partial charge on any atom is 0.237 e. The van der Waals surface area contributed by atoms with Crippen molar-refractivity contribution in [2.45, 2.75) is 51.7 Å². The molecule has 152 valence electrons. The lowest BCUT2D eigenvalue weighted by Gasteiger charge is -2.34. The minimum absolute atomic E-state index is 0.0393. The monoisotopic (exact) mass is 390 g/mol. The summed E-state index contributed by atoms with van der Waals surface area (Å²) in [7, 11) is 0. The number of carbonyl (C=O) groups is 1. The molecule has 1 aliphatic rings. The highest BCUT2D eigenvalue weighted by atomic mass is 16.2. The summed E-state index contributed by atoms with van der Waals surface area (Å²) in [5.41, 5.74) is 4.53. The number of nitrogens with zero attached hydrogens (tertiary/aromatic N) is 3. The standard InChI is InChI=1S/C24H30N4O/c1-2-14-27-15-6-5-9-23(27)24(29)25-16-19-10-12-20(13-11-19)17-28-18-26-21-7-3-4-8-22(21)28/h3-4,7-8,10-13,18,23H,2,5-6,9,14-17H2,1H3,(H,25,29). The number of amides is 1. The zero-order chi connectivity index (χ0) is 20.1. The van der Waals surface area contributed by atoms with Gasteiger partial charge in [-0.1, -0.05) is 49.7 Å². The molecule has 0 aliphatic carbocycles. The lowest BCUT2D eigenvalue weighted by Crippen LogP contribution is -2.49. The Balaban J connectivity index is 1.34. The molecule has 3 aromatic rings. The highest BCUT2D eigenvalue weighted by Crippen LogP contribution is 2.18. The number of fused-ring (bicyclic) bond motifs is 1. The molecular formula is C24H30N4O. The first-order chi connectivity index (χ1) is 14.2. The van der Waals surface area contributed by atoms with Crippen LogP contribution in [0.4, 0.5) is 0 Å². The molecule has 1 aromatic heterocycles. The van der Waals surface area contributed by atoms with E-state index in [0.29, 0.717) is 6.54 Å². The van der Waals surface area contributed by atoms with Crippen LogP contribution in [0.25, 0.3) is 11.0 Å². The van der Waals surface area contributed by atoms with E-state index in [1.807, 2.05) is 24.5 Å². The number of aromatic nitrogens is 2. The number of piperidine rings is 1. The summed E-state index contributed by atoms with van der Waals surface area (Å²) in [6.45, 7) is 5.61. The maximum absolute atomic E-state index is 12.7. The zero-order valence-electron chi connectivity index (χ0n) is 17.2. The zero-order valence-corrected chi connectivity index (χ0v) is 17.2. The summed E-state index contributed by atoms with van der Waals surface area (Å²) in [6, 6.07) is 16.7. The Labute approximate surface area is 172 Å². The van der Waals surface area contributed by atoms with Crippen molar-refractivity contribution in [3.8, 4) is 0 Å². The van der Waals surface area contributed by atoms with Crippen LogP contribution in [0.1, 0.15) is 43.7 Å². The van der Waals surface area contributed by atoms with Gasteiger partial charge in [0.1, 0.15) is 0 Å². The van der Waals surface area contributed by atoms with Gasteiger partial charge >= 0.3 is 0 Å². The van der Waals surface area contributed by atoms with Gasteiger partial charge in [-0.3, -0.25) is 9.69 Å². The van der Waals surface area contributed by atoms with Gasteiger partial charge in [0.2, 0.25) is 5.91 Å². The van der Waals surface area contributed by atoms with E-state index in [1.54, 1.807) is 0 Å². The Hall–Kier alpha value is -2.66. The predicted molar refractivity (Wildman–Crippen MR) is 117 cm³/mol. The maximum atomic E-state index is 12.7. The average Bonchev–Trinajstić information content (AvgIpc) is 3.16. The second-order valence-electron chi connectivity index (χ2n) is 7.94. The first-order valence-electron chi connectivity index (χ1n) is 10.7. The van der Waals surface area contributed by atoms with E-state index in [1.165, 1.54) is 12.0 Å². The fourth-order valence-electron chi connectivity index (χ4n) is 4.25. The molecule has 29 heavy (non-hydrogen) atoms. The van der Waals surface area contributed by atoms with Crippen LogP contribution in [-0.2, 0) is 17.9 Å². The topological polar surface area (TPSA) is 50.2 Å². The van der Waals surface area contributed by atoms with Gasteiger partial charge in [0, 0.05) is 13.1 Å². The van der Waals surface area contributed by atoms with Gasteiger partial charge < -0.3 is 9.88 Å². The number of imidazole rings is 1. The molecule has 0 bridgehead atoms. The minimum Gasteiger partial charge on any atom is -0.351 e. The quantitative estimate of drug-likeness (QED) is 0.664. The molecule has 2 heterocycles. The molecule has 1 fully saturated rings. The van der Waals surface area contributed by atoms with E-state index in [2.05, 4.69) is 57.0 Å². The Bertz CT molecular complexity index is 945. The van der Waals surface area contributed by atoms with Crippen molar-refractivity contribution in [2.24, 2.45) is 0 Å². The molecule has 0 saturated carbocycles. The van der Waals surface area contributed by atoms with Crippen molar-refractivity contribution < 1.29 is 4.79 Å². The number of rotatable bonds is 7. The average molecular weight is 391 g/mol. The van der Waals surface area contributed by atoms with Gasteiger partial charge in [-0.2, -0.15) is 0 Å². The number of hydrogen-bond acceptors (Lipinski definition) is 3. The molecule has 1 aliphatic heterocycles. The van der Waals surface area contributed by atoms with Gasteiger partial charge in [-0.05, 0) is 55.6 Å². The Morgan fingerprint density at radius 1 is 1.10 bits per heavy atom. The molecule has 1 atom stereocenters. The highest BCUT2D eigenvalue weighted by Gasteiger charge is 2.27. The summed E-state index contributed by atoms with van der Waals surface area (Å²) in [5, 5.41) is 3.15. The lowest BCUT2D eigenvalue weighted by atomic mass is 10.0. The normalized spacial score (nSPS) is 17.5. The Kier molecular flexibility index (Phi) is 6.25. The number of nitrogens with one attached hydrogen (secondary N) is 1. The van der Waals surface area contributed by atoms with Gasteiger partial charge in [0.25, 0.3) is 0 Å². The molecule has 5 heteroatoms. The summed E-state index contributed by atoms with van der Waals surface area (Å²) >= 11 is 0. The van der Waals surface area contributed by atoms with Gasteiger partial charge in [-0.15, -0.1) is 0 Å². The summed E-state index contributed by atoms with van der Waals surface area (Å²) in [5.74, 6) is 0.173. The molecule has 1 amide bonds. The van der Waals surface area contributed by atoms with Crippen molar-refractivity contribution >= 4 is 16.9 Å². The van der Waals surface area contributed by atoms with Crippen LogP contribution >= 0.6 is 0 Å². The fourth-order valence-corrected chi connectivity index (χ4v) is 4.25. The van der Waals surface area contributed by atoms with Crippen LogP contribution in [0.15, 0.2) is 54.9 Å². The summed E-state index contributed by atoms with van der Waals surface area (Å²) in [6.07, 6.45) is 6.32. The molecule has 1 N–H and O–H groups in total. The Morgan fingerprint density at radius 3 is 2.72 bits per heavy atom. The van der Waals surface area contributed by atoms with Gasteiger partial charge in [0.15, 0.2) is 0 Å². The van der Waals surface area contributed by atoms with Gasteiger partial charge in [-0.25, -0.2) is 4.98 Å². The largest absolute Gasteiger partial charge is 0.351 e. The SMILES string of the molecule is CCCN1CCCCC1C(=O)NCc1ccc(Cn2cnc3ccccc32)cc1. The van der Waals surface area contributed by atoms with E-state index < -0.39 is 0 Å². The second kappa shape index (κ2) is 9.23. The van der Waals surface area contributed by atoms with Crippen LogP contribution in [-0.4, -0.2) is 39.5 Å². The molecular weight excluding hydrogens is 360 g/mol. The van der Waals surface area contributed by atoms with Crippen LogP contribution in [0.3, 0.4) is 0 Å². The van der Waals surface area contributed by atoms with Crippen LogP contribution in [0, 0.1) is 0 Å². The van der Waals surface area contributed by atoms with Crippen LogP contribution < -0.4 is 5.32 Å². The predicted octanol–water partition coefficient (Wildman–Crippen LogP) is 3.97. The molecule has 1 saturated heterocycles. The van der Waals surface area contributed by atoms with E-state index in [4.69, 9.17) is 0 Å². The van der Waals surface area contributed by atoms with E-state index in [-0.39, 0.29) is 11.9 Å². The van der Waals surface area contributed by atoms with Crippen LogP contribution in [0.2, 0.25) is 0 Å². The second-order valence-corrected chi connectivity index (χ2v) is 7.94. The third kappa shape index (κ3) is 4.67. The number of para-hydroxylation sites is 2. The van der Waals surface area contributed by atoms with E-state index >= 15 is 0 Å². The van der Waals surface area contributed by atoms with E-state index in [0.717, 1.165) is 55.5 Å².